The van der Waals surface area contributed by atoms with Gasteiger partial charge in [-0.3, -0.25) is 0 Å². The SMILES string of the molecule is CCCn1c(C(N)C2CC2)nc2cc(C)ccc21. The van der Waals surface area contributed by atoms with Crippen molar-refractivity contribution in [3.8, 4) is 0 Å². The predicted molar refractivity (Wildman–Crippen MR) is 74.4 cm³/mol. The summed E-state index contributed by atoms with van der Waals surface area (Å²) in [5, 5.41) is 0. The molecule has 3 nitrogen and oxygen atoms in total. The minimum atomic E-state index is 0.115. The average Bonchev–Trinajstić information content (AvgIpc) is 3.13. The fourth-order valence-corrected chi connectivity index (χ4v) is 2.64. The standard InChI is InChI=1S/C15H21N3/c1-3-8-18-13-7-4-10(2)9-12(13)17-15(18)14(16)11-5-6-11/h4,7,9,11,14H,3,5-6,8,16H2,1-2H3. The summed E-state index contributed by atoms with van der Waals surface area (Å²) in [7, 11) is 0. The lowest BCUT2D eigenvalue weighted by Crippen LogP contribution is -2.18. The summed E-state index contributed by atoms with van der Waals surface area (Å²) in [4.78, 5) is 4.79. The van der Waals surface area contributed by atoms with Crippen molar-refractivity contribution >= 4 is 11.0 Å². The Kier molecular flexibility index (Phi) is 2.86. The largest absolute Gasteiger partial charge is 0.327 e. The van der Waals surface area contributed by atoms with E-state index in [1.165, 1.54) is 23.9 Å². The predicted octanol–water partition coefficient (Wildman–Crippen LogP) is 3.16. The van der Waals surface area contributed by atoms with Crippen LogP contribution in [-0.2, 0) is 6.54 Å². The number of nitrogens with zero attached hydrogens (tertiary/aromatic N) is 2. The van der Waals surface area contributed by atoms with Crippen molar-refractivity contribution in [2.75, 3.05) is 0 Å². The smallest absolute Gasteiger partial charge is 0.127 e. The Balaban J connectivity index is 2.12. The van der Waals surface area contributed by atoms with Crippen LogP contribution in [0.4, 0.5) is 0 Å². The Labute approximate surface area is 108 Å². The lowest BCUT2D eigenvalue weighted by atomic mass is 10.2. The summed E-state index contributed by atoms with van der Waals surface area (Å²) in [6, 6.07) is 6.60. The summed E-state index contributed by atoms with van der Waals surface area (Å²) in [5.41, 5.74) is 9.93. The van der Waals surface area contributed by atoms with Crippen molar-refractivity contribution in [2.24, 2.45) is 11.7 Å². The molecule has 1 aromatic heterocycles. The van der Waals surface area contributed by atoms with Gasteiger partial charge in [0.2, 0.25) is 0 Å². The number of aryl methyl sites for hydroxylation is 2. The Bertz CT molecular complexity index is 566. The molecular formula is C15H21N3. The van der Waals surface area contributed by atoms with Crippen LogP contribution >= 0.6 is 0 Å². The zero-order valence-corrected chi connectivity index (χ0v) is 11.2. The molecule has 0 saturated heterocycles. The molecule has 1 heterocycles. The first-order valence-electron chi connectivity index (χ1n) is 6.93. The average molecular weight is 243 g/mol. The van der Waals surface area contributed by atoms with Crippen molar-refractivity contribution in [3.05, 3.63) is 29.6 Å². The first-order chi connectivity index (χ1) is 8.70. The molecule has 0 radical (unpaired) electrons. The lowest BCUT2D eigenvalue weighted by molar-refractivity contribution is 0.543. The summed E-state index contributed by atoms with van der Waals surface area (Å²) < 4.78 is 2.32. The molecular weight excluding hydrogens is 222 g/mol. The molecule has 0 amide bonds. The summed E-state index contributed by atoms with van der Waals surface area (Å²) in [6.07, 6.45) is 3.63. The molecule has 96 valence electrons. The van der Waals surface area contributed by atoms with Gasteiger partial charge < -0.3 is 10.3 Å². The van der Waals surface area contributed by atoms with Crippen molar-refractivity contribution in [1.82, 2.24) is 9.55 Å². The van der Waals surface area contributed by atoms with Crippen LogP contribution in [0.2, 0.25) is 0 Å². The van der Waals surface area contributed by atoms with Crippen molar-refractivity contribution in [2.45, 2.75) is 45.7 Å². The molecule has 18 heavy (non-hydrogen) atoms. The van der Waals surface area contributed by atoms with Gasteiger partial charge in [-0.1, -0.05) is 13.0 Å². The molecule has 3 rings (SSSR count). The zero-order chi connectivity index (χ0) is 12.7. The van der Waals surface area contributed by atoms with E-state index in [1.807, 2.05) is 0 Å². The van der Waals surface area contributed by atoms with E-state index < -0.39 is 0 Å². The van der Waals surface area contributed by atoms with E-state index in [2.05, 4.69) is 36.6 Å². The Hall–Kier alpha value is -1.35. The molecule has 1 aromatic carbocycles. The second kappa shape index (κ2) is 4.39. The van der Waals surface area contributed by atoms with Crippen LogP contribution in [0.5, 0.6) is 0 Å². The van der Waals surface area contributed by atoms with Crippen LogP contribution in [0, 0.1) is 12.8 Å². The molecule has 0 spiro atoms. The Morgan fingerprint density at radius 2 is 2.22 bits per heavy atom. The first kappa shape index (κ1) is 11.7. The maximum Gasteiger partial charge on any atom is 0.127 e. The van der Waals surface area contributed by atoms with Gasteiger partial charge in [0.25, 0.3) is 0 Å². The van der Waals surface area contributed by atoms with Gasteiger partial charge in [0.05, 0.1) is 17.1 Å². The second-order valence-electron chi connectivity index (χ2n) is 5.48. The second-order valence-corrected chi connectivity index (χ2v) is 5.48. The number of imidazole rings is 1. The number of fused-ring (bicyclic) bond motifs is 1. The molecule has 1 saturated carbocycles. The topological polar surface area (TPSA) is 43.8 Å². The van der Waals surface area contributed by atoms with Gasteiger partial charge in [-0.15, -0.1) is 0 Å². The molecule has 3 heteroatoms. The van der Waals surface area contributed by atoms with Gasteiger partial charge in [0, 0.05) is 6.54 Å². The fraction of sp³-hybridized carbons (Fsp3) is 0.533. The first-order valence-corrected chi connectivity index (χ1v) is 6.93. The van der Waals surface area contributed by atoms with Gasteiger partial charge in [-0.2, -0.15) is 0 Å². The van der Waals surface area contributed by atoms with Crippen LogP contribution in [0.1, 0.15) is 43.6 Å². The number of hydrogen-bond acceptors (Lipinski definition) is 2. The van der Waals surface area contributed by atoms with Gasteiger partial charge >= 0.3 is 0 Å². The van der Waals surface area contributed by atoms with E-state index in [0.717, 1.165) is 24.3 Å². The highest BCUT2D eigenvalue weighted by atomic mass is 15.1. The van der Waals surface area contributed by atoms with Crippen LogP contribution in [-0.4, -0.2) is 9.55 Å². The van der Waals surface area contributed by atoms with E-state index in [-0.39, 0.29) is 6.04 Å². The monoisotopic (exact) mass is 243 g/mol. The molecule has 2 N–H and O–H groups in total. The van der Waals surface area contributed by atoms with Gasteiger partial charge in [0.1, 0.15) is 5.82 Å². The maximum absolute atomic E-state index is 6.35. The molecule has 1 fully saturated rings. The molecule has 1 unspecified atom stereocenters. The van der Waals surface area contributed by atoms with E-state index in [1.54, 1.807) is 0 Å². The number of hydrogen-bond donors (Lipinski definition) is 1. The van der Waals surface area contributed by atoms with Gasteiger partial charge in [-0.05, 0) is 49.8 Å². The van der Waals surface area contributed by atoms with Crippen LogP contribution in [0.15, 0.2) is 18.2 Å². The minimum absolute atomic E-state index is 0.115. The molecule has 2 aromatic rings. The van der Waals surface area contributed by atoms with Crippen molar-refractivity contribution in [1.29, 1.82) is 0 Å². The van der Waals surface area contributed by atoms with Crippen LogP contribution in [0.3, 0.4) is 0 Å². The third kappa shape index (κ3) is 1.93. The maximum atomic E-state index is 6.35. The third-order valence-electron chi connectivity index (χ3n) is 3.81. The summed E-state index contributed by atoms with van der Waals surface area (Å²) >= 11 is 0. The molecule has 1 atom stereocenters. The Morgan fingerprint density at radius 1 is 1.44 bits per heavy atom. The van der Waals surface area contributed by atoms with Crippen molar-refractivity contribution < 1.29 is 0 Å². The van der Waals surface area contributed by atoms with Crippen molar-refractivity contribution in [3.63, 3.8) is 0 Å². The van der Waals surface area contributed by atoms with Gasteiger partial charge in [-0.25, -0.2) is 4.98 Å². The van der Waals surface area contributed by atoms with E-state index in [4.69, 9.17) is 10.7 Å². The molecule has 1 aliphatic rings. The highest BCUT2D eigenvalue weighted by Gasteiger charge is 2.32. The van der Waals surface area contributed by atoms with Crippen LogP contribution < -0.4 is 5.73 Å². The van der Waals surface area contributed by atoms with Gasteiger partial charge in [0.15, 0.2) is 0 Å². The van der Waals surface area contributed by atoms with E-state index in [9.17, 15) is 0 Å². The molecule has 0 bridgehead atoms. The number of rotatable bonds is 4. The number of nitrogens with two attached hydrogens (primary N) is 1. The van der Waals surface area contributed by atoms with Crippen LogP contribution in [0.25, 0.3) is 11.0 Å². The number of benzene rings is 1. The van der Waals surface area contributed by atoms with E-state index >= 15 is 0 Å². The lowest BCUT2D eigenvalue weighted by Gasteiger charge is -2.13. The summed E-state index contributed by atoms with van der Waals surface area (Å²) in [5.74, 6) is 1.73. The number of aromatic nitrogens is 2. The quantitative estimate of drug-likeness (QED) is 0.896. The highest BCUT2D eigenvalue weighted by molar-refractivity contribution is 5.77. The molecule has 0 aliphatic heterocycles. The minimum Gasteiger partial charge on any atom is -0.327 e. The third-order valence-corrected chi connectivity index (χ3v) is 3.81. The zero-order valence-electron chi connectivity index (χ0n) is 11.2. The fourth-order valence-electron chi connectivity index (χ4n) is 2.64. The highest BCUT2D eigenvalue weighted by Crippen LogP contribution is 2.39. The molecule has 1 aliphatic carbocycles. The Morgan fingerprint density at radius 3 is 2.89 bits per heavy atom. The summed E-state index contributed by atoms with van der Waals surface area (Å²) in [6.45, 7) is 5.32. The normalized spacial score (nSPS) is 17.3. The van der Waals surface area contributed by atoms with E-state index in [0.29, 0.717) is 5.92 Å².